The molecule has 0 amide bonds. The highest BCUT2D eigenvalue weighted by molar-refractivity contribution is 5.72. The van der Waals surface area contributed by atoms with Gasteiger partial charge in [0.05, 0.1) is 5.92 Å². The van der Waals surface area contributed by atoms with Crippen molar-refractivity contribution in [2.75, 3.05) is 13.1 Å². The minimum absolute atomic E-state index is 0.0984. The molecule has 0 aliphatic heterocycles. The maximum atomic E-state index is 12.0. The molecule has 1 aliphatic carbocycles. The highest BCUT2D eigenvalue weighted by atomic mass is 16.5. The van der Waals surface area contributed by atoms with Crippen molar-refractivity contribution in [3.63, 3.8) is 0 Å². The fourth-order valence-electron chi connectivity index (χ4n) is 2.95. The van der Waals surface area contributed by atoms with E-state index in [0.29, 0.717) is 18.6 Å². The van der Waals surface area contributed by atoms with Crippen molar-refractivity contribution in [1.29, 1.82) is 0 Å². The van der Waals surface area contributed by atoms with Crippen LogP contribution in [0.2, 0.25) is 0 Å². The average molecular weight is 289 g/mol. The van der Waals surface area contributed by atoms with Crippen molar-refractivity contribution in [2.45, 2.75) is 46.1 Å². The SMILES string of the molecule is CC(CNCC1(C)CCCC1)C(=O)OCc1ccccc1. The van der Waals surface area contributed by atoms with Gasteiger partial charge in [-0.2, -0.15) is 0 Å². The molecule has 1 atom stereocenters. The van der Waals surface area contributed by atoms with Crippen molar-refractivity contribution in [1.82, 2.24) is 5.32 Å². The smallest absolute Gasteiger partial charge is 0.310 e. The average Bonchev–Trinajstić information content (AvgIpc) is 2.92. The lowest BCUT2D eigenvalue weighted by atomic mass is 9.89. The highest BCUT2D eigenvalue weighted by Gasteiger charge is 2.28. The minimum atomic E-state index is -0.122. The van der Waals surface area contributed by atoms with Crippen LogP contribution < -0.4 is 5.32 Å². The van der Waals surface area contributed by atoms with Gasteiger partial charge in [-0.15, -0.1) is 0 Å². The first kappa shape index (κ1) is 16.0. The molecule has 0 radical (unpaired) electrons. The lowest BCUT2D eigenvalue weighted by molar-refractivity contribution is -0.149. The molecule has 1 saturated carbocycles. The summed E-state index contributed by atoms with van der Waals surface area (Å²) in [4.78, 5) is 12.0. The van der Waals surface area contributed by atoms with Crippen molar-refractivity contribution in [3.8, 4) is 0 Å². The summed E-state index contributed by atoms with van der Waals surface area (Å²) in [5, 5.41) is 3.45. The van der Waals surface area contributed by atoms with Crippen LogP contribution in [0.15, 0.2) is 30.3 Å². The summed E-state index contributed by atoms with van der Waals surface area (Å²) < 4.78 is 5.36. The quantitative estimate of drug-likeness (QED) is 0.780. The van der Waals surface area contributed by atoms with Crippen molar-refractivity contribution in [3.05, 3.63) is 35.9 Å². The number of carbonyl (C=O) groups excluding carboxylic acids is 1. The van der Waals surface area contributed by atoms with Crippen LogP contribution >= 0.6 is 0 Å². The largest absolute Gasteiger partial charge is 0.461 e. The summed E-state index contributed by atoms with van der Waals surface area (Å²) in [6.07, 6.45) is 5.28. The molecule has 0 spiro atoms. The predicted octanol–water partition coefficient (Wildman–Crippen LogP) is 3.54. The molecule has 0 heterocycles. The third kappa shape index (κ3) is 5.16. The number of hydrogen-bond donors (Lipinski definition) is 1. The zero-order valence-corrected chi connectivity index (χ0v) is 13.2. The minimum Gasteiger partial charge on any atom is -0.461 e. The van der Waals surface area contributed by atoms with Crippen LogP contribution in [-0.4, -0.2) is 19.1 Å². The second-order valence-electron chi connectivity index (χ2n) is 6.64. The van der Waals surface area contributed by atoms with Gasteiger partial charge in [-0.3, -0.25) is 4.79 Å². The van der Waals surface area contributed by atoms with Crippen LogP contribution in [0.25, 0.3) is 0 Å². The normalized spacial score (nSPS) is 18.4. The van der Waals surface area contributed by atoms with Gasteiger partial charge in [-0.1, -0.05) is 57.0 Å². The Kier molecular flexibility index (Phi) is 5.80. The molecule has 1 fully saturated rings. The Labute approximate surface area is 128 Å². The molecule has 0 saturated heterocycles. The molecule has 1 aromatic carbocycles. The Morgan fingerprint density at radius 3 is 2.62 bits per heavy atom. The van der Waals surface area contributed by atoms with Crippen LogP contribution in [0, 0.1) is 11.3 Å². The summed E-state index contributed by atoms with van der Waals surface area (Å²) >= 11 is 0. The Morgan fingerprint density at radius 2 is 1.95 bits per heavy atom. The Morgan fingerprint density at radius 1 is 1.29 bits per heavy atom. The van der Waals surface area contributed by atoms with Gasteiger partial charge in [-0.05, 0) is 23.8 Å². The van der Waals surface area contributed by atoms with E-state index in [9.17, 15) is 4.79 Å². The standard InChI is InChI=1S/C18H27NO2/c1-15(12-19-14-18(2)10-6-7-11-18)17(20)21-13-16-8-4-3-5-9-16/h3-5,8-9,15,19H,6-7,10-14H2,1-2H3. The summed E-state index contributed by atoms with van der Waals surface area (Å²) in [6.45, 7) is 6.33. The number of hydrogen-bond acceptors (Lipinski definition) is 3. The van der Waals surface area contributed by atoms with Gasteiger partial charge < -0.3 is 10.1 Å². The first-order chi connectivity index (χ1) is 10.1. The van der Waals surface area contributed by atoms with E-state index in [1.807, 2.05) is 37.3 Å². The topological polar surface area (TPSA) is 38.3 Å². The Hall–Kier alpha value is -1.35. The molecule has 116 valence electrons. The number of carbonyl (C=O) groups is 1. The van der Waals surface area contributed by atoms with Gasteiger partial charge in [0.1, 0.15) is 6.61 Å². The van der Waals surface area contributed by atoms with Crippen LogP contribution in [0.4, 0.5) is 0 Å². The first-order valence-electron chi connectivity index (χ1n) is 8.00. The maximum Gasteiger partial charge on any atom is 0.310 e. The number of ether oxygens (including phenoxy) is 1. The second-order valence-corrected chi connectivity index (χ2v) is 6.64. The lowest BCUT2D eigenvalue weighted by Crippen LogP contribution is -2.34. The molecule has 3 heteroatoms. The lowest BCUT2D eigenvalue weighted by Gasteiger charge is -2.24. The molecule has 1 aliphatic rings. The zero-order valence-electron chi connectivity index (χ0n) is 13.2. The third-order valence-electron chi connectivity index (χ3n) is 4.44. The summed E-state index contributed by atoms with van der Waals surface area (Å²) in [5.74, 6) is -0.221. The van der Waals surface area contributed by atoms with Gasteiger partial charge in [0, 0.05) is 13.1 Å². The Bertz CT molecular complexity index is 438. The van der Waals surface area contributed by atoms with E-state index in [2.05, 4.69) is 12.2 Å². The molecule has 0 bridgehead atoms. The van der Waals surface area contributed by atoms with Crippen molar-refractivity contribution >= 4 is 5.97 Å². The second kappa shape index (κ2) is 7.60. The van der Waals surface area contributed by atoms with E-state index in [1.54, 1.807) is 0 Å². The number of esters is 1. The van der Waals surface area contributed by atoms with E-state index >= 15 is 0 Å². The predicted molar refractivity (Wildman–Crippen MR) is 84.8 cm³/mol. The van der Waals surface area contributed by atoms with Gasteiger partial charge in [0.2, 0.25) is 0 Å². The maximum absolute atomic E-state index is 12.0. The fourth-order valence-corrected chi connectivity index (χ4v) is 2.95. The highest BCUT2D eigenvalue weighted by Crippen LogP contribution is 2.36. The van der Waals surface area contributed by atoms with Gasteiger partial charge in [-0.25, -0.2) is 0 Å². The van der Waals surface area contributed by atoms with E-state index < -0.39 is 0 Å². The van der Waals surface area contributed by atoms with E-state index in [1.165, 1.54) is 25.7 Å². The van der Waals surface area contributed by atoms with Crippen LogP contribution in [-0.2, 0) is 16.1 Å². The first-order valence-corrected chi connectivity index (χ1v) is 8.00. The van der Waals surface area contributed by atoms with Gasteiger partial charge >= 0.3 is 5.97 Å². The molecule has 21 heavy (non-hydrogen) atoms. The van der Waals surface area contributed by atoms with E-state index in [4.69, 9.17) is 4.74 Å². The summed E-state index contributed by atoms with van der Waals surface area (Å²) in [7, 11) is 0. The molecular formula is C18H27NO2. The molecule has 1 aromatic rings. The Balaban J connectivity index is 1.65. The number of nitrogens with one attached hydrogen (secondary N) is 1. The van der Waals surface area contributed by atoms with E-state index in [-0.39, 0.29) is 11.9 Å². The van der Waals surface area contributed by atoms with Crippen LogP contribution in [0.3, 0.4) is 0 Å². The van der Waals surface area contributed by atoms with Gasteiger partial charge in [0.25, 0.3) is 0 Å². The van der Waals surface area contributed by atoms with Crippen LogP contribution in [0.5, 0.6) is 0 Å². The van der Waals surface area contributed by atoms with Crippen molar-refractivity contribution < 1.29 is 9.53 Å². The fraction of sp³-hybridized carbons (Fsp3) is 0.611. The number of rotatable bonds is 7. The van der Waals surface area contributed by atoms with E-state index in [0.717, 1.165) is 12.1 Å². The van der Waals surface area contributed by atoms with Crippen molar-refractivity contribution in [2.24, 2.45) is 11.3 Å². The molecule has 2 rings (SSSR count). The molecule has 1 unspecified atom stereocenters. The molecule has 1 N–H and O–H groups in total. The monoisotopic (exact) mass is 289 g/mol. The van der Waals surface area contributed by atoms with Crippen LogP contribution in [0.1, 0.15) is 45.1 Å². The van der Waals surface area contributed by atoms with Gasteiger partial charge in [0.15, 0.2) is 0 Å². The summed E-state index contributed by atoms with van der Waals surface area (Å²) in [5.41, 5.74) is 1.46. The third-order valence-corrected chi connectivity index (χ3v) is 4.44. The summed E-state index contributed by atoms with van der Waals surface area (Å²) in [6, 6.07) is 9.81. The molecule has 0 aromatic heterocycles. The zero-order chi connectivity index (χ0) is 15.1. The number of benzene rings is 1. The molecule has 3 nitrogen and oxygen atoms in total. The molecular weight excluding hydrogens is 262 g/mol.